The number of carbonyl (C=O) groups excluding carboxylic acids is 2. The van der Waals surface area contributed by atoms with Crippen LogP contribution in [0, 0.1) is 0 Å². The van der Waals surface area contributed by atoms with Gasteiger partial charge in [0.25, 0.3) is 0 Å². The number of nitrogens with one attached hydrogen (secondary N) is 3. The first-order chi connectivity index (χ1) is 7.74. The van der Waals surface area contributed by atoms with Gasteiger partial charge in [-0.25, -0.2) is 0 Å². The van der Waals surface area contributed by atoms with E-state index < -0.39 is 0 Å². The molecule has 0 saturated heterocycles. The second-order valence-electron chi connectivity index (χ2n) is 4.60. The molecule has 2 aliphatic carbocycles. The molecule has 0 aromatic rings. The van der Waals surface area contributed by atoms with Crippen LogP contribution in [0.25, 0.3) is 0 Å². The Morgan fingerprint density at radius 2 is 1.69 bits per heavy atom. The normalized spacial score (nSPS) is 19.2. The first kappa shape index (κ1) is 11.4. The summed E-state index contributed by atoms with van der Waals surface area (Å²) in [6, 6.07) is 0.993. The predicted octanol–water partition coefficient (Wildman–Crippen LogP) is -0.477. The minimum atomic E-state index is -0.0778. The zero-order chi connectivity index (χ0) is 11.4. The Hall–Kier alpha value is -1.10. The van der Waals surface area contributed by atoms with Crippen molar-refractivity contribution in [3.63, 3.8) is 0 Å². The van der Waals surface area contributed by atoms with Crippen molar-refractivity contribution in [1.82, 2.24) is 16.0 Å². The number of amides is 2. The number of hydrogen-bond acceptors (Lipinski definition) is 3. The summed E-state index contributed by atoms with van der Waals surface area (Å²) in [5, 5.41) is 8.70. The molecular weight excluding hydrogens is 206 g/mol. The molecule has 0 aromatic heterocycles. The van der Waals surface area contributed by atoms with Gasteiger partial charge in [0.1, 0.15) is 0 Å². The van der Waals surface area contributed by atoms with Crippen molar-refractivity contribution in [1.29, 1.82) is 0 Å². The molecule has 0 radical (unpaired) electrons. The van der Waals surface area contributed by atoms with Crippen LogP contribution in [-0.4, -0.2) is 37.0 Å². The minimum absolute atomic E-state index is 0.0564. The van der Waals surface area contributed by atoms with E-state index in [9.17, 15) is 9.59 Å². The fourth-order valence-electron chi connectivity index (χ4n) is 1.45. The molecule has 0 aliphatic heterocycles. The quantitative estimate of drug-likeness (QED) is 0.548. The molecule has 0 aromatic carbocycles. The highest BCUT2D eigenvalue weighted by Gasteiger charge is 2.23. The molecule has 2 rings (SSSR count). The predicted molar refractivity (Wildman–Crippen MR) is 59.8 cm³/mol. The Morgan fingerprint density at radius 1 is 1.00 bits per heavy atom. The third kappa shape index (κ3) is 4.61. The van der Waals surface area contributed by atoms with Crippen molar-refractivity contribution in [3.8, 4) is 0 Å². The maximum Gasteiger partial charge on any atom is 0.239 e. The monoisotopic (exact) mass is 225 g/mol. The molecule has 3 N–H and O–H groups in total. The fourth-order valence-corrected chi connectivity index (χ4v) is 1.45. The standard InChI is InChI=1S/C11H19N3O2/c15-10(5-6-12-8-1-2-8)13-7-11(16)14-9-3-4-9/h8-9,12H,1-7H2,(H,13,15)(H,14,16). The number of carbonyl (C=O) groups is 2. The van der Waals surface area contributed by atoms with Crippen LogP contribution in [0.1, 0.15) is 32.1 Å². The highest BCUT2D eigenvalue weighted by atomic mass is 16.2. The van der Waals surface area contributed by atoms with Crippen LogP contribution in [0.2, 0.25) is 0 Å². The zero-order valence-corrected chi connectivity index (χ0v) is 9.42. The van der Waals surface area contributed by atoms with E-state index in [4.69, 9.17) is 0 Å². The van der Waals surface area contributed by atoms with E-state index in [0.717, 1.165) is 12.8 Å². The largest absolute Gasteiger partial charge is 0.352 e. The topological polar surface area (TPSA) is 70.2 Å². The van der Waals surface area contributed by atoms with Gasteiger partial charge in [-0.3, -0.25) is 9.59 Å². The molecule has 0 spiro atoms. The van der Waals surface area contributed by atoms with Crippen molar-refractivity contribution < 1.29 is 9.59 Å². The smallest absolute Gasteiger partial charge is 0.239 e. The molecule has 5 nitrogen and oxygen atoms in total. The van der Waals surface area contributed by atoms with Gasteiger partial charge in [-0.05, 0) is 25.7 Å². The summed E-state index contributed by atoms with van der Waals surface area (Å²) in [5.74, 6) is -0.134. The number of rotatable bonds is 7. The van der Waals surface area contributed by atoms with Gasteiger partial charge in [-0.15, -0.1) is 0 Å². The summed E-state index contributed by atoms with van der Waals surface area (Å²) in [4.78, 5) is 22.6. The van der Waals surface area contributed by atoms with Gasteiger partial charge in [-0.1, -0.05) is 0 Å². The fraction of sp³-hybridized carbons (Fsp3) is 0.818. The highest BCUT2D eigenvalue weighted by molar-refractivity contribution is 5.84. The van der Waals surface area contributed by atoms with Crippen molar-refractivity contribution in [2.75, 3.05) is 13.1 Å². The summed E-state index contributed by atoms with van der Waals surface area (Å²) < 4.78 is 0. The SMILES string of the molecule is O=C(CCNC1CC1)NCC(=O)NC1CC1. The zero-order valence-electron chi connectivity index (χ0n) is 9.42. The lowest BCUT2D eigenvalue weighted by molar-refractivity contribution is -0.126. The van der Waals surface area contributed by atoms with Gasteiger partial charge in [0, 0.05) is 25.0 Å². The summed E-state index contributed by atoms with van der Waals surface area (Å²) >= 11 is 0. The summed E-state index contributed by atoms with van der Waals surface area (Å²) in [6.45, 7) is 0.819. The van der Waals surface area contributed by atoms with Gasteiger partial charge >= 0.3 is 0 Å². The maximum atomic E-state index is 11.3. The van der Waals surface area contributed by atoms with E-state index in [2.05, 4.69) is 16.0 Å². The Bertz CT molecular complexity index is 272. The second kappa shape index (κ2) is 5.30. The summed E-state index contributed by atoms with van der Waals surface area (Å²) in [7, 11) is 0. The first-order valence-electron chi connectivity index (χ1n) is 6.03. The van der Waals surface area contributed by atoms with Crippen molar-refractivity contribution in [3.05, 3.63) is 0 Å². The van der Waals surface area contributed by atoms with E-state index in [1.807, 2.05) is 0 Å². The van der Waals surface area contributed by atoms with E-state index in [1.165, 1.54) is 12.8 Å². The number of hydrogen-bond donors (Lipinski definition) is 3. The van der Waals surface area contributed by atoms with Gasteiger partial charge in [0.05, 0.1) is 6.54 Å². The molecule has 5 heteroatoms. The summed E-state index contributed by atoms with van der Waals surface area (Å²) in [6.07, 6.45) is 5.06. The maximum absolute atomic E-state index is 11.3. The average molecular weight is 225 g/mol. The molecule has 2 saturated carbocycles. The highest BCUT2D eigenvalue weighted by Crippen LogP contribution is 2.18. The Kier molecular flexibility index (Phi) is 3.77. The lowest BCUT2D eigenvalue weighted by atomic mass is 10.4. The molecular formula is C11H19N3O2. The Labute approximate surface area is 95.3 Å². The van der Waals surface area contributed by atoms with Gasteiger partial charge in [0.15, 0.2) is 0 Å². The van der Waals surface area contributed by atoms with E-state index in [-0.39, 0.29) is 18.4 Å². The van der Waals surface area contributed by atoms with Gasteiger partial charge in [0.2, 0.25) is 11.8 Å². The van der Waals surface area contributed by atoms with Crippen LogP contribution < -0.4 is 16.0 Å². The van der Waals surface area contributed by atoms with Crippen molar-refractivity contribution in [2.45, 2.75) is 44.2 Å². The minimum Gasteiger partial charge on any atom is -0.352 e. The van der Waals surface area contributed by atoms with Crippen molar-refractivity contribution in [2.24, 2.45) is 0 Å². The molecule has 0 atom stereocenters. The molecule has 2 aliphatic rings. The average Bonchev–Trinajstić information content (AvgIpc) is 3.08. The molecule has 0 heterocycles. The van der Waals surface area contributed by atoms with Gasteiger partial charge < -0.3 is 16.0 Å². The lowest BCUT2D eigenvalue weighted by Gasteiger charge is -2.06. The molecule has 2 fully saturated rings. The molecule has 16 heavy (non-hydrogen) atoms. The van der Waals surface area contributed by atoms with Crippen LogP contribution in [0.15, 0.2) is 0 Å². The molecule has 2 amide bonds. The molecule has 0 bridgehead atoms. The Morgan fingerprint density at radius 3 is 2.31 bits per heavy atom. The van der Waals surface area contributed by atoms with Gasteiger partial charge in [-0.2, -0.15) is 0 Å². The first-order valence-corrected chi connectivity index (χ1v) is 6.03. The summed E-state index contributed by atoms with van der Waals surface area (Å²) in [5.41, 5.74) is 0. The lowest BCUT2D eigenvalue weighted by Crippen LogP contribution is -2.38. The van der Waals surface area contributed by atoms with Crippen LogP contribution in [0.4, 0.5) is 0 Å². The van der Waals surface area contributed by atoms with Crippen molar-refractivity contribution >= 4 is 11.8 Å². The van der Waals surface area contributed by atoms with E-state index in [0.29, 0.717) is 25.0 Å². The van der Waals surface area contributed by atoms with Crippen LogP contribution in [0.5, 0.6) is 0 Å². The third-order valence-electron chi connectivity index (χ3n) is 2.75. The third-order valence-corrected chi connectivity index (χ3v) is 2.75. The second-order valence-corrected chi connectivity index (χ2v) is 4.60. The van der Waals surface area contributed by atoms with E-state index >= 15 is 0 Å². The van der Waals surface area contributed by atoms with Crippen LogP contribution >= 0.6 is 0 Å². The van der Waals surface area contributed by atoms with E-state index in [1.54, 1.807) is 0 Å². The molecule has 0 unspecified atom stereocenters. The van der Waals surface area contributed by atoms with Crippen LogP contribution in [-0.2, 0) is 9.59 Å². The Balaban J connectivity index is 1.46. The molecule has 90 valence electrons. The van der Waals surface area contributed by atoms with Crippen LogP contribution in [0.3, 0.4) is 0 Å².